The van der Waals surface area contributed by atoms with Crippen LogP contribution in [0.4, 0.5) is 5.82 Å². The summed E-state index contributed by atoms with van der Waals surface area (Å²) in [6, 6.07) is 8.02. The molecule has 1 aliphatic rings. The van der Waals surface area contributed by atoms with Crippen molar-refractivity contribution < 1.29 is 0 Å². The second kappa shape index (κ2) is 4.23. The van der Waals surface area contributed by atoms with Crippen LogP contribution in [0.1, 0.15) is 19.2 Å². The molecule has 3 aromatic rings. The lowest BCUT2D eigenvalue weighted by atomic mass is 10.1. The van der Waals surface area contributed by atoms with Crippen molar-refractivity contribution in [1.82, 2.24) is 19.6 Å². The summed E-state index contributed by atoms with van der Waals surface area (Å²) in [5.41, 5.74) is 3.71. The number of hydrogen-bond donors (Lipinski definition) is 0. The molecule has 5 nitrogen and oxygen atoms in total. The van der Waals surface area contributed by atoms with E-state index >= 15 is 0 Å². The Hall–Kier alpha value is -2.56. The molecule has 0 amide bonds. The predicted octanol–water partition coefficient (Wildman–Crippen LogP) is 2.87. The standard InChI is InChI=1S/C15H13N5/c1-2-13-18-19-15-14(16-10-6-5-7-10)17-11-8-3-4-9-12(11)20(13)15/h3-6,8-9H,2,7H2,1H3. The maximum atomic E-state index is 4.63. The summed E-state index contributed by atoms with van der Waals surface area (Å²) in [5.74, 6) is 1.58. The molecule has 5 heteroatoms. The van der Waals surface area contributed by atoms with Crippen LogP contribution in [0.3, 0.4) is 0 Å². The van der Waals surface area contributed by atoms with Gasteiger partial charge < -0.3 is 0 Å². The third-order valence-corrected chi connectivity index (χ3v) is 3.48. The molecule has 0 saturated carbocycles. The second-order valence-electron chi connectivity index (χ2n) is 4.76. The summed E-state index contributed by atoms with van der Waals surface area (Å²) in [6.45, 7) is 2.08. The quantitative estimate of drug-likeness (QED) is 0.714. The summed E-state index contributed by atoms with van der Waals surface area (Å²) in [6.07, 6.45) is 5.81. The highest BCUT2D eigenvalue weighted by Crippen LogP contribution is 2.25. The Morgan fingerprint density at radius 3 is 2.85 bits per heavy atom. The Morgan fingerprint density at radius 1 is 1.25 bits per heavy atom. The number of aromatic nitrogens is 4. The summed E-state index contributed by atoms with van der Waals surface area (Å²) < 4.78 is 2.06. The van der Waals surface area contributed by atoms with Gasteiger partial charge in [-0.25, -0.2) is 9.98 Å². The van der Waals surface area contributed by atoms with Gasteiger partial charge in [-0.05, 0) is 18.2 Å². The number of aliphatic imine (C=N–C) groups is 1. The Bertz CT molecular complexity index is 872. The van der Waals surface area contributed by atoms with Crippen molar-refractivity contribution in [3.8, 4) is 0 Å². The average Bonchev–Trinajstić information content (AvgIpc) is 2.87. The Morgan fingerprint density at radius 2 is 2.10 bits per heavy atom. The van der Waals surface area contributed by atoms with Gasteiger partial charge in [0, 0.05) is 18.6 Å². The number of nitrogens with zero attached hydrogens (tertiary/aromatic N) is 5. The minimum absolute atomic E-state index is 0.648. The van der Waals surface area contributed by atoms with E-state index in [0.29, 0.717) is 5.82 Å². The van der Waals surface area contributed by atoms with Crippen molar-refractivity contribution in [1.29, 1.82) is 0 Å². The molecule has 0 spiro atoms. The predicted molar refractivity (Wildman–Crippen MR) is 78.5 cm³/mol. The van der Waals surface area contributed by atoms with Crippen LogP contribution in [0.25, 0.3) is 16.7 Å². The fraction of sp³-hybridized carbons (Fsp3) is 0.200. The van der Waals surface area contributed by atoms with Gasteiger partial charge in [-0.3, -0.25) is 4.40 Å². The van der Waals surface area contributed by atoms with E-state index in [-0.39, 0.29) is 0 Å². The summed E-state index contributed by atoms with van der Waals surface area (Å²) in [5, 5.41) is 8.53. The molecule has 0 N–H and O–H groups in total. The molecule has 0 unspecified atom stereocenters. The first-order valence-corrected chi connectivity index (χ1v) is 6.73. The lowest BCUT2D eigenvalue weighted by Gasteiger charge is -2.08. The zero-order chi connectivity index (χ0) is 13.5. The van der Waals surface area contributed by atoms with Crippen molar-refractivity contribution in [2.24, 2.45) is 4.99 Å². The number of aryl methyl sites for hydroxylation is 1. The number of rotatable bonds is 2. The van der Waals surface area contributed by atoms with Crippen molar-refractivity contribution in [2.75, 3.05) is 0 Å². The highest BCUT2D eigenvalue weighted by Gasteiger charge is 2.14. The SMILES string of the molecule is CCc1nnc2c(N=C3C=CC3)nc3ccccc3n12. The van der Waals surface area contributed by atoms with E-state index in [1.165, 1.54) is 0 Å². The first-order chi connectivity index (χ1) is 9.86. The van der Waals surface area contributed by atoms with Crippen LogP contribution in [0.5, 0.6) is 0 Å². The van der Waals surface area contributed by atoms with Crippen LogP contribution in [0.15, 0.2) is 41.4 Å². The fourth-order valence-corrected chi connectivity index (χ4v) is 2.37. The number of allylic oxidation sites excluding steroid dienone is 2. The van der Waals surface area contributed by atoms with Crippen molar-refractivity contribution >= 4 is 28.2 Å². The van der Waals surface area contributed by atoms with Crippen molar-refractivity contribution in [2.45, 2.75) is 19.8 Å². The molecule has 4 rings (SSSR count). The molecule has 0 aliphatic heterocycles. The maximum absolute atomic E-state index is 4.63. The third-order valence-electron chi connectivity index (χ3n) is 3.48. The molecule has 1 aliphatic carbocycles. The molecule has 0 atom stereocenters. The number of fused-ring (bicyclic) bond motifs is 3. The van der Waals surface area contributed by atoms with Crippen LogP contribution < -0.4 is 0 Å². The van der Waals surface area contributed by atoms with Crippen LogP contribution in [0, 0.1) is 0 Å². The van der Waals surface area contributed by atoms with Crippen LogP contribution in [0.2, 0.25) is 0 Å². The minimum atomic E-state index is 0.648. The Labute approximate surface area is 115 Å². The molecule has 0 fully saturated rings. The number of benzene rings is 1. The van der Waals surface area contributed by atoms with Gasteiger partial charge in [0.25, 0.3) is 0 Å². The summed E-state index contributed by atoms with van der Waals surface area (Å²) >= 11 is 0. The third kappa shape index (κ3) is 1.56. The maximum Gasteiger partial charge on any atom is 0.206 e. The highest BCUT2D eigenvalue weighted by atomic mass is 15.3. The molecular formula is C15H13N5. The van der Waals surface area contributed by atoms with Gasteiger partial charge in [-0.2, -0.15) is 0 Å². The van der Waals surface area contributed by atoms with Gasteiger partial charge >= 0.3 is 0 Å². The number of hydrogen-bond acceptors (Lipinski definition) is 4. The smallest absolute Gasteiger partial charge is 0.206 e. The Kier molecular flexibility index (Phi) is 2.39. The van der Waals surface area contributed by atoms with Gasteiger partial charge in [0.1, 0.15) is 5.82 Å². The highest BCUT2D eigenvalue weighted by molar-refractivity contribution is 6.03. The molecular weight excluding hydrogens is 250 g/mol. The molecule has 0 radical (unpaired) electrons. The lowest BCUT2D eigenvalue weighted by Crippen LogP contribution is -2.01. The van der Waals surface area contributed by atoms with E-state index in [4.69, 9.17) is 0 Å². The van der Waals surface area contributed by atoms with Gasteiger partial charge in [0.2, 0.25) is 5.65 Å². The van der Waals surface area contributed by atoms with Gasteiger partial charge in [-0.1, -0.05) is 25.1 Å². The van der Waals surface area contributed by atoms with E-state index in [2.05, 4.69) is 37.6 Å². The second-order valence-corrected chi connectivity index (χ2v) is 4.76. The summed E-state index contributed by atoms with van der Waals surface area (Å²) in [7, 11) is 0. The van der Waals surface area contributed by atoms with Gasteiger partial charge in [0.05, 0.1) is 11.0 Å². The van der Waals surface area contributed by atoms with E-state index < -0.39 is 0 Å². The molecule has 0 saturated heterocycles. The first kappa shape index (κ1) is 11.3. The normalized spacial score (nSPS) is 16.1. The molecule has 98 valence electrons. The van der Waals surface area contributed by atoms with Crippen LogP contribution in [-0.4, -0.2) is 25.3 Å². The van der Waals surface area contributed by atoms with E-state index in [1.54, 1.807) is 0 Å². The van der Waals surface area contributed by atoms with E-state index in [0.717, 1.165) is 41.1 Å². The average molecular weight is 263 g/mol. The zero-order valence-electron chi connectivity index (χ0n) is 11.1. The van der Waals surface area contributed by atoms with E-state index in [1.807, 2.05) is 30.3 Å². The molecule has 1 aromatic carbocycles. The van der Waals surface area contributed by atoms with E-state index in [9.17, 15) is 0 Å². The molecule has 20 heavy (non-hydrogen) atoms. The molecule has 0 bridgehead atoms. The van der Waals surface area contributed by atoms with Crippen molar-refractivity contribution in [3.05, 3.63) is 42.2 Å². The van der Waals surface area contributed by atoms with Crippen molar-refractivity contribution in [3.63, 3.8) is 0 Å². The summed E-state index contributed by atoms with van der Waals surface area (Å²) in [4.78, 5) is 9.21. The lowest BCUT2D eigenvalue weighted by molar-refractivity contribution is 0.921. The minimum Gasteiger partial charge on any atom is -0.274 e. The number of para-hydroxylation sites is 2. The van der Waals surface area contributed by atoms with Crippen LogP contribution in [-0.2, 0) is 6.42 Å². The van der Waals surface area contributed by atoms with Gasteiger partial charge in [0.15, 0.2) is 5.82 Å². The zero-order valence-corrected chi connectivity index (χ0v) is 11.1. The topological polar surface area (TPSA) is 55.4 Å². The Balaban J connectivity index is 2.12. The fourth-order valence-electron chi connectivity index (χ4n) is 2.37. The largest absolute Gasteiger partial charge is 0.274 e. The van der Waals surface area contributed by atoms with Gasteiger partial charge in [-0.15, -0.1) is 10.2 Å². The van der Waals surface area contributed by atoms with Crippen LogP contribution >= 0.6 is 0 Å². The monoisotopic (exact) mass is 263 g/mol. The first-order valence-electron chi connectivity index (χ1n) is 6.73. The molecule has 2 aromatic heterocycles. The molecule has 2 heterocycles.